The Morgan fingerprint density at radius 3 is 2.68 bits per heavy atom. The van der Waals surface area contributed by atoms with E-state index in [9.17, 15) is 9.18 Å². The number of aryl methyl sites for hydroxylation is 1. The van der Waals surface area contributed by atoms with Crippen LogP contribution < -0.4 is 10.1 Å². The van der Waals surface area contributed by atoms with E-state index in [-0.39, 0.29) is 11.9 Å². The standard InChI is InChI=1S/C27H31FN4O2/c1-3-34-22-7-5-19(6-8-22)26-30-24-12-17(2)4-9-23(24)25(31-26)27(33)29-21-13-18(14-21)15-32-11-10-20(28)16-32/h4-9,12,18,20-21H,3,10-11,13-16H2,1-2H3,(H,29,33)/t18?,20-,21?/m1/s1. The van der Waals surface area contributed by atoms with Crippen molar-refractivity contribution in [2.75, 3.05) is 26.2 Å². The lowest BCUT2D eigenvalue weighted by atomic mass is 9.80. The number of hydrogen-bond acceptors (Lipinski definition) is 5. The Kier molecular flexibility index (Phi) is 6.46. The first kappa shape index (κ1) is 22.7. The van der Waals surface area contributed by atoms with Gasteiger partial charge in [-0.3, -0.25) is 4.79 Å². The van der Waals surface area contributed by atoms with E-state index in [1.54, 1.807) is 0 Å². The van der Waals surface area contributed by atoms with Crippen molar-refractivity contribution in [3.05, 3.63) is 53.7 Å². The van der Waals surface area contributed by atoms with Gasteiger partial charge < -0.3 is 15.0 Å². The lowest BCUT2D eigenvalue weighted by Crippen LogP contribution is -2.47. The highest BCUT2D eigenvalue weighted by molar-refractivity contribution is 6.05. The summed E-state index contributed by atoms with van der Waals surface area (Å²) in [6, 6.07) is 13.6. The van der Waals surface area contributed by atoms with Gasteiger partial charge in [-0.15, -0.1) is 0 Å². The third-order valence-electron chi connectivity index (χ3n) is 6.79. The molecule has 1 aromatic heterocycles. The Labute approximate surface area is 199 Å². The summed E-state index contributed by atoms with van der Waals surface area (Å²) in [5.41, 5.74) is 3.07. The number of amides is 1. The van der Waals surface area contributed by atoms with Crippen molar-refractivity contribution in [1.82, 2.24) is 20.2 Å². The number of likely N-dealkylation sites (tertiary alicyclic amines) is 1. The molecule has 0 radical (unpaired) electrons. The lowest BCUT2D eigenvalue weighted by molar-refractivity contribution is 0.0863. The number of hydrogen-bond donors (Lipinski definition) is 1. The number of rotatable bonds is 7. The summed E-state index contributed by atoms with van der Waals surface area (Å²) in [4.78, 5) is 24.9. The first-order chi connectivity index (χ1) is 16.5. The molecule has 3 aromatic rings. The molecule has 2 aliphatic rings. The number of nitrogens with one attached hydrogen (secondary N) is 1. The van der Waals surface area contributed by atoms with E-state index in [2.05, 4.69) is 15.2 Å². The number of benzene rings is 2. The minimum Gasteiger partial charge on any atom is -0.494 e. The minimum atomic E-state index is -0.685. The van der Waals surface area contributed by atoms with Crippen LogP contribution >= 0.6 is 0 Å². The summed E-state index contributed by atoms with van der Waals surface area (Å²) in [6.07, 6.45) is 1.80. The number of alkyl halides is 1. The molecule has 1 saturated heterocycles. The molecule has 178 valence electrons. The van der Waals surface area contributed by atoms with Crippen LogP contribution in [0.4, 0.5) is 4.39 Å². The maximum absolute atomic E-state index is 13.4. The van der Waals surface area contributed by atoms with Crippen LogP contribution in [0.2, 0.25) is 0 Å². The quantitative estimate of drug-likeness (QED) is 0.558. The molecule has 0 spiro atoms. The van der Waals surface area contributed by atoms with Gasteiger partial charge in [-0.25, -0.2) is 14.4 Å². The predicted octanol–water partition coefficient (Wildman–Crippen LogP) is 4.56. The van der Waals surface area contributed by atoms with Gasteiger partial charge in [-0.1, -0.05) is 12.1 Å². The van der Waals surface area contributed by atoms with E-state index >= 15 is 0 Å². The van der Waals surface area contributed by atoms with Gasteiger partial charge in [0.25, 0.3) is 5.91 Å². The average molecular weight is 463 g/mol. The number of fused-ring (bicyclic) bond motifs is 1. The number of carbonyl (C=O) groups excluding carboxylic acids is 1. The summed E-state index contributed by atoms with van der Waals surface area (Å²) >= 11 is 0. The number of nitrogens with zero attached hydrogens (tertiary/aromatic N) is 3. The van der Waals surface area contributed by atoms with Crippen LogP contribution in [-0.2, 0) is 0 Å². The smallest absolute Gasteiger partial charge is 0.270 e. The first-order valence-corrected chi connectivity index (χ1v) is 12.2. The predicted molar refractivity (Wildman–Crippen MR) is 131 cm³/mol. The summed E-state index contributed by atoms with van der Waals surface area (Å²) in [5, 5.41) is 3.92. The van der Waals surface area contributed by atoms with Crippen LogP contribution in [0.1, 0.15) is 42.2 Å². The molecule has 6 nitrogen and oxygen atoms in total. The molecule has 2 fully saturated rings. The molecule has 5 rings (SSSR count). The maximum Gasteiger partial charge on any atom is 0.270 e. The highest BCUT2D eigenvalue weighted by Gasteiger charge is 2.34. The van der Waals surface area contributed by atoms with Crippen molar-refractivity contribution in [2.24, 2.45) is 5.92 Å². The molecule has 0 unspecified atom stereocenters. The number of ether oxygens (including phenoxy) is 1. The highest BCUT2D eigenvalue weighted by atomic mass is 19.1. The van der Waals surface area contributed by atoms with E-state index in [0.29, 0.717) is 37.0 Å². The van der Waals surface area contributed by atoms with Crippen molar-refractivity contribution < 1.29 is 13.9 Å². The third-order valence-corrected chi connectivity index (χ3v) is 6.79. The molecule has 2 heterocycles. The van der Waals surface area contributed by atoms with E-state index in [0.717, 1.165) is 53.7 Å². The van der Waals surface area contributed by atoms with Crippen molar-refractivity contribution >= 4 is 16.8 Å². The Morgan fingerprint density at radius 2 is 1.97 bits per heavy atom. The van der Waals surface area contributed by atoms with Crippen LogP contribution in [0.25, 0.3) is 22.3 Å². The van der Waals surface area contributed by atoms with E-state index in [1.807, 2.05) is 56.3 Å². The molecule has 1 saturated carbocycles. The summed E-state index contributed by atoms with van der Waals surface area (Å²) in [5.74, 6) is 1.65. The van der Waals surface area contributed by atoms with Gasteiger partial charge in [-0.05, 0) is 74.9 Å². The van der Waals surface area contributed by atoms with Crippen LogP contribution in [0.5, 0.6) is 5.75 Å². The molecule has 2 aromatic carbocycles. The summed E-state index contributed by atoms with van der Waals surface area (Å²) in [7, 11) is 0. The Morgan fingerprint density at radius 1 is 1.18 bits per heavy atom. The van der Waals surface area contributed by atoms with Crippen LogP contribution in [-0.4, -0.2) is 59.2 Å². The van der Waals surface area contributed by atoms with Crippen molar-refractivity contribution in [3.8, 4) is 17.1 Å². The molecule has 1 N–H and O–H groups in total. The van der Waals surface area contributed by atoms with Crippen LogP contribution in [0.15, 0.2) is 42.5 Å². The Bertz CT molecular complexity index is 1180. The van der Waals surface area contributed by atoms with Gasteiger partial charge in [0.1, 0.15) is 17.6 Å². The fourth-order valence-electron chi connectivity index (χ4n) is 4.98. The fourth-order valence-corrected chi connectivity index (χ4v) is 4.98. The van der Waals surface area contributed by atoms with Gasteiger partial charge in [-0.2, -0.15) is 0 Å². The number of aromatic nitrogens is 2. The SMILES string of the molecule is CCOc1ccc(-c2nc(C(=O)NC3CC(CN4CC[C@@H](F)C4)C3)c3ccc(C)cc3n2)cc1. The molecule has 1 aliphatic heterocycles. The largest absolute Gasteiger partial charge is 0.494 e. The van der Waals surface area contributed by atoms with Gasteiger partial charge in [0.05, 0.1) is 12.1 Å². The second-order valence-electron chi connectivity index (χ2n) is 9.53. The third kappa shape index (κ3) is 4.89. The number of carbonyl (C=O) groups is 1. The molecule has 1 aliphatic carbocycles. The molecular formula is C27H31FN4O2. The molecule has 1 atom stereocenters. The second-order valence-corrected chi connectivity index (χ2v) is 9.53. The average Bonchev–Trinajstić information content (AvgIpc) is 3.22. The zero-order valence-corrected chi connectivity index (χ0v) is 19.8. The highest BCUT2D eigenvalue weighted by Crippen LogP contribution is 2.31. The van der Waals surface area contributed by atoms with E-state index < -0.39 is 6.17 Å². The normalized spacial score (nSPS) is 22.5. The van der Waals surface area contributed by atoms with E-state index in [4.69, 9.17) is 9.72 Å². The minimum absolute atomic E-state index is 0.130. The monoisotopic (exact) mass is 462 g/mol. The van der Waals surface area contributed by atoms with Crippen molar-refractivity contribution in [2.45, 2.75) is 45.3 Å². The summed E-state index contributed by atoms with van der Waals surface area (Å²) < 4.78 is 19.0. The zero-order valence-electron chi connectivity index (χ0n) is 19.8. The van der Waals surface area contributed by atoms with Crippen LogP contribution in [0, 0.1) is 12.8 Å². The van der Waals surface area contributed by atoms with Gasteiger partial charge >= 0.3 is 0 Å². The van der Waals surface area contributed by atoms with E-state index in [1.165, 1.54) is 0 Å². The molecule has 0 bridgehead atoms. The Balaban J connectivity index is 1.33. The second kappa shape index (κ2) is 9.66. The van der Waals surface area contributed by atoms with Gasteiger partial charge in [0, 0.05) is 36.6 Å². The van der Waals surface area contributed by atoms with Gasteiger partial charge in [0.2, 0.25) is 0 Å². The van der Waals surface area contributed by atoms with Crippen LogP contribution in [0.3, 0.4) is 0 Å². The first-order valence-electron chi connectivity index (χ1n) is 12.2. The zero-order chi connectivity index (χ0) is 23.7. The molecular weight excluding hydrogens is 431 g/mol. The topological polar surface area (TPSA) is 67.3 Å². The molecule has 34 heavy (non-hydrogen) atoms. The van der Waals surface area contributed by atoms with Crippen molar-refractivity contribution in [1.29, 1.82) is 0 Å². The van der Waals surface area contributed by atoms with Crippen molar-refractivity contribution in [3.63, 3.8) is 0 Å². The lowest BCUT2D eigenvalue weighted by Gasteiger charge is -2.38. The molecule has 1 amide bonds. The Hall–Kier alpha value is -3.06. The fraction of sp³-hybridized carbons (Fsp3) is 0.444. The maximum atomic E-state index is 13.4. The summed E-state index contributed by atoms with van der Waals surface area (Å²) in [6.45, 7) is 6.88. The van der Waals surface area contributed by atoms with Gasteiger partial charge in [0.15, 0.2) is 5.82 Å². The number of halogens is 1. The molecule has 7 heteroatoms.